The van der Waals surface area contributed by atoms with E-state index in [1.54, 1.807) is 0 Å². The standard InChI is InChI=1S/C17H20N2O/c1-11-7-13(5-6-18-11)19-12(2)8-14-15(19)9-17(3,4)10-16(14)20/h5-8H,9-10H2,1-4H3. The lowest BCUT2D eigenvalue weighted by atomic mass is 9.76. The van der Waals surface area contributed by atoms with Crippen LogP contribution in [0.1, 0.15) is 47.7 Å². The summed E-state index contributed by atoms with van der Waals surface area (Å²) in [5.41, 5.74) is 5.29. The lowest BCUT2D eigenvalue weighted by Crippen LogP contribution is -2.27. The fraction of sp³-hybridized carbons (Fsp3) is 0.412. The average molecular weight is 268 g/mol. The molecule has 0 spiro atoms. The van der Waals surface area contributed by atoms with Crippen LogP contribution in [0.2, 0.25) is 0 Å². The third-order valence-corrected chi connectivity index (χ3v) is 4.01. The first-order valence-corrected chi connectivity index (χ1v) is 7.05. The summed E-state index contributed by atoms with van der Waals surface area (Å²) < 4.78 is 2.21. The van der Waals surface area contributed by atoms with Gasteiger partial charge in [0.2, 0.25) is 0 Å². The normalized spacial score (nSPS) is 17.1. The van der Waals surface area contributed by atoms with Gasteiger partial charge in [-0.2, -0.15) is 0 Å². The summed E-state index contributed by atoms with van der Waals surface area (Å²) >= 11 is 0. The van der Waals surface area contributed by atoms with Crippen LogP contribution < -0.4 is 0 Å². The van der Waals surface area contributed by atoms with Gasteiger partial charge in [-0.15, -0.1) is 0 Å². The minimum Gasteiger partial charge on any atom is -0.317 e. The van der Waals surface area contributed by atoms with Gasteiger partial charge in [-0.25, -0.2) is 0 Å². The smallest absolute Gasteiger partial charge is 0.165 e. The second-order valence-electron chi connectivity index (χ2n) is 6.58. The van der Waals surface area contributed by atoms with Gasteiger partial charge in [0.25, 0.3) is 0 Å². The van der Waals surface area contributed by atoms with Crippen molar-refractivity contribution < 1.29 is 4.79 Å². The highest BCUT2D eigenvalue weighted by molar-refractivity contribution is 5.99. The number of ketones is 1. The van der Waals surface area contributed by atoms with Crippen molar-refractivity contribution in [2.45, 2.75) is 40.5 Å². The van der Waals surface area contributed by atoms with E-state index >= 15 is 0 Å². The number of aromatic nitrogens is 2. The van der Waals surface area contributed by atoms with Crippen LogP contribution in [0.25, 0.3) is 5.69 Å². The summed E-state index contributed by atoms with van der Waals surface area (Å²) in [4.78, 5) is 16.6. The van der Waals surface area contributed by atoms with E-state index in [9.17, 15) is 4.79 Å². The minimum absolute atomic E-state index is 0.0364. The molecule has 0 amide bonds. The highest BCUT2D eigenvalue weighted by atomic mass is 16.1. The van der Waals surface area contributed by atoms with Crippen LogP contribution >= 0.6 is 0 Å². The van der Waals surface area contributed by atoms with Crippen LogP contribution in [0.5, 0.6) is 0 Å². The number of carbonyl (C=O) groups is 1. The van der Waals surface area contributed by atoms with Gasteiger partial charge >= 0.3 is 0 Å². The van der Waals surface area contributed by atoms with Gasteiger partial charge in [-0.1, -0.05) is 13.8 Å². The Morgan fingerprint density at radius 3 is 2.65 bits per heavy atom. The first-order valence-electron chi connectivity index (χ1n) is 7.05. The van der Waals surface area contributed by atoms with E-state index in [-0.39, 0.29) is 11.2 Å². The second kappa shape index (κ2) is 4.30. The van der Waals surface area contributed by atoms with Crippen molar-refractivity contribution >= 4 is 5.78 Å². The number of rotatable bonds is 1. The van der Waals surface area contributed by atoms with Crippen LogP contribution in [-0.2, 0) is 6.42 Å². The van der Waals surface area contributed by atoms with Crippen molar-refractivity contribution in [3.8, 4) is 5.69 Å². The Labute approximate surface area is 119 Å². The van der Waals surface area contributed by atoms with Crippen molar-refractivity contribution in [3.05, 3.63) is 47.0 Å². The predicted molar refractivity (Wildman–Crippen MR) is 79.5 cm³/mol. The van der Waals surface area contributed by atoms with Gasteiger partial charge in [0, 0.05) is 41.0 Å². The van der Waals surface area contributed by atoms with Crippen molar-refractivity contribution in [3.63, 3.8) is 0 Å². The molecule has 0 bridgehead atoms. The SMILES string of the molecule is Cc1cc(-n2c(C)cc3c2CC(C)(C)CC3=O)ccn1. The van der Waals surface area contributed by atoms with Crippen LogP contribution in [0.4, 0.5) is 0 Å². The number of hydrogen-bond donors (Lipinski definition) is 0. The van der Waals surface area contributed by atoms with Gasteiger partial charge in [-0.05, 0) is 43.9 Å². The van der Waals surface area contributed by atoms with E-state index < -0.39 is 0 Å². The lowest BCUT2D eigenvalue weighted by molar-refractivity contribution is 0.0911. The van der Waals surface area contributed by atoms with Crippen LogP contribution in [-0.4, -0.2) is 15.3 Å². The average Bonchev–Trinajstić information content (AvgIpc) is 2.64. The molecule has 2 aromatic rings. The summed E-state index contributed by atoms with van der Waals surface area (Å²) in [5.74, 6) is 0.267. The summed E-state index contributed by atoms with van der Waals surface area (Å²) in [5, 5.41) is 0. The molecule has 3 heteroatoms. The Hall–Kier alpha value is -1.90. The quantitative estimate of drug-likeness (QED) is 0.791. The number of Topliss-reactive ketones (excluding diaryl/α,β-unsaturated/α-hetero) is 1. The summed E-state index contributed by atoms with van der Waals surface area (Å²) in [6.07, 6.45) is 3.40. The molecule has 0 N–H and O–H groups in total. The number of hydrogen-bond acceptors (Lipinski definition) is 2. The molecule has 0 aliphatic heterocycles. The minimum atomic E-state index is 0.0364. The maximum Gasteiger partial charge on any atom is 0.165 e. The molecular weight excluding hydrogens is 248 g/mol. The molecule has 3 rings (SSSR count). The van der Waals surface area contributed by atoms with Gasteiger partial charge < -0.3 is 4.57 Å². The first kappa shape index (κ1) is 13.1. The number of aryl methyl sites for hydroxylation is 2. The number of carbonyl (C=O) groups excluding carboxylic acids is 1. The summed E-state index contributed by atoms with van der Waals surface area (Å²) in [6, 6.07) is 6.11. The van der Waals surface area contributed by atoms with Gasteiger partial charge in [0.1, 0.15) is 0 Å². The molecule has 1 aliphatic carbocycles. The highest BCUT2D eigenvalue weighted by Crippen LogP contribution is 2.37. The van der Waals surface area contributed by atoms with E-state index in [4.69, 9.17) is 0 Å². The van der Waals surface area contributed by atoms with Crippen molar-refractivity contribution in [2.24, 2.45) is 5.41 Å². The molecule has 0 unspecified atom stereocenters. The molecule has 2 aromatic heterocycles. The van der Waals surface area contributed by atoms with Crippen molar-refractivity contribution in [1.82, 2.24) is 9.55 Å². The molecule has 0 fully saturated rings. The largest absolute Gasteiger partial charge is 0.317 e. The van der Waals surface area contributed by atoms with E-state index in [0.29, 0.717) is 6.42 Å². The molecule has 1 aliphatic rings. The Bertz CT molecular complexity index is 695. The van der Waals surface area contributed by atoms with Crippen molar-refractivity contribution in [2.75, 3.05) is 0 Å². The van der Waals surface area contributed by atoms with Crippen LogP contribution in [0.15, 0.2) is 24.4 Å². The monoisotopic (exact) mass is 268 g/mol. The first-order chi connectivity index (χ1) is 9.37. The molecular formula is C17H20N2O. The Morgan fingerprint density at radius 1 is 1.20 bits per heavy atom. The molecule has 2 heterocycles. The van der Waals surface area contributed by atoms with Gasteiger partial charge in [-0.3, -0.25) is 9.78 Å². The third-order valence-electron chi connectivity index (χ3n) is 4.01. The molecule has 0 radical (unpaired) electrons. The number of fused-ring (bicyclic) bond motifs is 1. The molecule has 104 valence electrons. The zero-order valence-corrected chi connectivity index (χ0v) is 12.5. The second-order valence-corrected chi connectivity index (χ2v) is 6.58. The van der Waals surface area contributed by atoms with Gasteiger partial charge in [0.05, 0.1) is 0 Å². The maximum absolute atomic E-state index is 12.3. The lowest BCUT2D eigenvalue weighted by Gasteiger charge is -2.29. The van der Waals surface area contributed by atoms with Crippen molar-refractivity contribution in [1.29, 1.82) is 0 Å². The number of pyridine rings is 1. The molecule has 0 saturated heterocycles. The van der Waals surface area contributed by atoms with E-state index in [2.05, 4.69) is 36.4 Å². The molecule has 0 saturated carbocycles. The highest BCUT2D eigenvalue weighted by Gasteiger charge is 2.34. The summed E-state index contributed by atoms with van der Waals surface area (Å²) in [7, 11) is 0. The van der Waals surface area contributed by atoms with Crippen LogP contribution in [0.3, 0.4) is 0 Å². The molecule has 0 atom stereocenters. The topological polar surface area (TPSA) is 34.9 Å². The Balaban J connectivity index is 2.21. The van der Waals surface area contributed by atoms with E-state index in [0.717, 1.165) is 34.8 Å². The van der Waals surface area contributed by atoms with E-state index in [1.807, 2.05) is 25.3 Å². The third kappa shape index (κ3) is 2.07. The molecule has 0 aromatic carbocycles. The van der Waals surface area contributed by atoms with Crippen LogP contribution in [0, 0.1) is 19.3 Å². The molecule has 20 heavy (non-hydrogen) atoms. The summed E-state index contributed by atoms with van der Waals surface area (Å²) in [6.45, 7) is 8.38. The van der Waals surface area contributed by atoms with E-state index in [1.165, 1.54) is 0 Å². The predicted octanol–water partition coefficient (Wildman–Crippen LogP) is 3.64. The Kier molecular flexibility index (Phi) is 2.82. The number of nitrogens with zero attached hydrogens (tertiary/aromatic N) is 2. The maximum atomic E-state index is 12.3. The van der Waals surface area contributed by atoms with Gasteiger partial charge in [0.15, 0.2) is 5.78 Å². The fourth-order valence-electron chi connectivity index (χ4n) is 3.18. The fourth-order valence-corrected chi connectivity index (χ4v) is 3.18. The zero-order chi connectivity index (χ0) is 14.5. The molecule has 3 nitrogen and oxygen atoms in total. The zero-order valence-electron chi connectivity index (χ0n) is 12.5. The Morgan fingerprint density at radius 2 is 1.95 bits per heavy atom.